The van der Waals surface area contributed by atoms with Crippen LogP contribution in [-0.4, -0.2) is 33.6 Å². The maximum absolute atomic E-state index is 13.6. The van der Waals surface area contributed by atoms with Crippen LogP contribution >= 0.6 is 23.1 Å². The van der Waals surface area contributed by atoms with Gasteiger partial charge in [0.2, 0.25) is 5.13 Å². The molecule has 0 saturated carbocycles. The molecule has 1 N–H and O–H groups in total. The zero-order valence-corrected chi connectivity index (χ0v) is 23.5. The number of carbonyl (C=O) groups excluding carboxylic acids is 2. The molecule has 0 spiro atoms. The number of aryl methyl sites for hydroxylation is 1. The molecule has 4 aromatic rings. The van der Waals surface area contributed by atoms with Gasteiger partial charge >= 0.3 is 5.91 Å². The lowest BCUT2D eigenvalue weighted by atomic mass is 9.95. The van der Waals surface area contributed by atoms with Gasteiger partial charge in [-0.05, 0) is 60.9 Å². The first kappa shape index (κ1) is 27.5. The fourth-order valence-corrected chi connectivity index (χ4v) is 6.11. The maximum Gasteiger partial charge on any atom is 0.301 e. The van der Waals surface area contributed by atoms with Gasteiger partial charge in [0.05, 0.1) is 18.2 Å². The molecule has 1 aliphatic heterocycles. The van der Waals surface area contributed by atoms with Crippen LogP contribution < -0.4 is 9.64 Å². The molecule has 1 aliphatic rings. The Hall–Kier alpha value is -4.02. The van der Waals surface area contributed by atoms with Gasteiger partial charge in [-0.1, -0.05) is 72.0 Å². The van der Waals surface area contributed by atoms with Crippen molar-refractivity contribution in [3.63, 3.8) is 0 Å². The summed E-state index contributed by atoms with van der Waals surface area (Å²) in [6.07, 6.45) is 0.807. The van der Waals surface area contributed by atoms with Crippen LogP contribution in [0.15, 0.2) is 82.7 Å². The van der Waals surface area contributed by atoms with E-state index in [0.29, 0.717) is 28.0 Å². The normalized spacial score (nSPS) is 16.5. The van der Waals surface area contributed by atoms with E-state index in [1.54, 1.807) is 24.3 Å². The van der Waals surface area contributed by atoms with Gasteiger partial charge in [-0.3, -0.25) is 14.5 Å². The summed E-state index contributed by atoms with van der Waals surface area (Å²) in [4.78, 5) is 28.1. The van der Waals surface area contributed by atoms with Crippen molar-refractivity contribution in [2.45, 2.75) is 36.4 Å². The van der Waals surface area contributed by atoms with Crippen molar-refractivity contribution >= 4 is 45.7 Å². The lowest BCUT2D eigenvalue weighted by Gasteiger charge is -2.23. The Morgan fingerprint density at radius 1 is 1.07 bits per heavy atom. The number of rotatable bonds is 9. The van der Waals surface area contributed by atoms with Crippen LogP contribution in [0.1, 0.15) is 41.6 Å². The second kappa shape index (κ2) is 12.0. The minimum atomic E-state index is -0.988. The number of aliphatic hydroxyl groups is 1. The maximum atomic E-state index is 13.6. The molecule has 40 heavy (non-hydrogen) atoms. The van der Waals surface area contributed by atoms with Crippen molar-refractivity contribution in [3.05, 3.63) is 106 Å². The lowest BCUT2D eigenvalue weighted by molar-refractivity contribution is -0.132. The van der Waals surface area contributed by atoms with Gasteiger partial charge in [-0.15, -0.1) is 10.2 Å². The highest BCUT2D eigenvalue weighted by Crippen LogP contribution is 2.44. The Balaban J connectivity index is 1.54. The third kappa shape index (κ3) is 5.78. The van der Waals surface area contributed by atoms with Crippen LogP contribution in [0.3, 0.4) is 0 Å². The summed E-state index contributed by atoms with van der Waals surface area (Å²) in [5, 5.41) is 20.0. The Labute approximate surface area is 239 Å². The number of ketones is 1. The lowest BCUT2D eigenvalue weighted by Crippen LogP contribution is -2.29. The van der Waals surface area contributed by atoms with Crippen molar-refractivity contribution in [1.29, 1.82) is 0 Å². The quantitative estimate of drug-likeness (QED) is 0.0781. The molecule has 0 bridgehead atoms. The van der Waals surface area contributed by atoms with Crippen molar-refractivity contribution < 1.29 is 23.8 Å². The van der Waals surface area contributed by atoms with Gasteiger partial charge in [-0.25, -0.2) is 4.39 Å². The molecular formula is C30H26FN3O4S2. The molecule has 2 heterocycles. The fraction of sp³-hybridized carbons (Fsp3) is 0.200. The van der Waals surface area contributed by atoms with Crippen LogP contribution in [0.2, 0.25) is 0 Å². The van der Waals surface area contributed by atoms with E-state index in [4.69, 9.17) is 4.74 Å². The molecule has 0 aliphatic carbocycles. The standard InChI is InChI=1S/C30H26FN3O4S2/c1-3-15-38-23-6-4-5-21(16-23)25-24(26(35)20-11-13-22(31)14-12-20)27(36)28(37)34(25)29-32-33-30(40-29)39-17-19-9-7-18(2)8-10-19/h4-14,16,25,35H,3,15,17H2,1-2H3. The first-order chi connectivity index (χ1) is 19.4. The van der Waals surface area contributed by atoms with Crippen LogP contribution in [0, 0.1) is 12.7 Å². The second-order valence-corrected chi connectivity index (χ2v) is 11.4. The molecule has 1 amide bonds. The summed E-state index contributed by atoms with van der Waals surface area (Å²) >= 11 is 2.67. The highest BCUT2D eigenvalue weighted by molar-refractivity contribution is 8.00. The number of halogens is 1. The number of Topliss-reactive ketones (excluding diaryl/α,β-unsaturated/α-hetero) is 1. The molecule has 1 aromatic heterocycles. The number of aliphatic hydroxyl groups excluding tert-OH is 1. The predicted octanol–water partition coefficient (Wildman–Crippen LogP) is 6.69. The molecule has 1 saturated heterocycles. The Morgan fingerprint density at radius 3 is 2.55 bits per heavy atom. The number of ether oxygens (including phenoxy) is 1. The van der Waals surface area contributed by atoms with Gasteiger partial charge in [0.25, 0.3) is 5.78 Å². The monoisotopic (exact) mass is 575 g/mol. The predicted molar refractivity (Wildman–Crippen MR) is 154 cm³/mol. The van der Waals surface area contributed by atoms with Crippen molar-refractivity contribution in [1.82, 2.24) is 10.2 Å². The van der Waals surface area contributed by atoms with Crippen molar-refractivity contribution in [3.8, 4) is 5.75 Å². The molecule has 0 radical (unpaired) electrons. The number of aromatic nitrogens is 2. The van der Waals surface area contributed by atoms with Gasteiger partial charge in [0, 0.05) is 11.3 Å². The van der Waals surface area contributed by atoms with E-state index in [1.807, 2.05) is 38.1 Å². The second-order valence-electron chi connectivity index (χ2n) is 9.22. The zero-order valence-electron chi connectivity index (χ0n) is 21.8. The number of nitrogens with zero attached hydrogens (tertiary/aromatic N) is 3. The molecule has 1 fully saturated rings. The van der Waals surface area contributed by atoms with E-state index < -0.39 is 29.3 Å². The number of anilines is 1. The van der Waals surface area contributed by atoms with Gasteiger partial charge in [0.1, 0.15) is 17.3 Å². The first-order valence-corrected chi connectivity index (χ1v) is 14.5. The van der Waals surface area contributed by atoms with Crippen molar-refractivity contribution in [2.24, 2.45) is 0 Å². The number of amides is 1. The summed E-state index contributed by atoms with van der Waals surface area (Å²) in [5.74, 6) is -1.35. The molecule has 5 rings (SSSR count). The Morgan fingerprint density at radius 2 is 1.82 bits per heavy atom. The number of carbonyl (C=O) groups is 2. The largest absolute Gasteiger partial charge is 0.507 e. The third-order valence-corrected chi connectivity index (χ3v) is 8.42. The smallest absolute Gasteiger partial charge is 0.301 e. The highest BCUT2D eigenvalue weighted by atomic mass is 32.2. The molecule has 10 heteroatoms. The molecule has 1 atom stereocenters. The summed E-state index contributed by atoms with van der Waals surface area (Å²) in [5.41, 5.74) is 2.95. The molecule has 7 nitrogen and oxygen atoms in total. The SMILES string of the molecule is CCCOc1cccc(C2C(=C(O)c3ccc(F)cc3)C(=O)C(=O)N2c2nnc(SCc3ccc(C)cc3)s2)c1. The number of hydrogen-bond acceptors (Lipinski definition) is 8. The summed E-state index contributed by atoms with van der Waals surface area (Å²) in [6.45, 7) is 4.52. The van der Waals surface area contributed by atoms with Gasteiger partial charge in [0.15, 0.2) is 4.34 Å². The molecule has 3 aromatic carbocycles. The molecule has 1 unspecified atom stereocenters. The zero-order chi connectivity index (χ0) is 28.2. The Bertz CT molecular complexity index is 1570. The fourth-order valence-electron chi connectivity index (χ4n) is 4.29. The third-order valence-electron chi connectivity index (χ3n) is 6.29. The van der Waals surface area contributed by atoms with Crippen LogP contribution in [0.25, 0.3) is 5.76 Å². The molecular weight excluding hydrogens is 549 g/mol. The van der Waals surface area contributed by atoms with E-state index in [9.17, 15) is 19.1 Å². The average molecular weight is 576 g/mol. The van der Waals surface area contributed by atoms with Crippen LogP contribution in [0.4, 0.5) is 9.52 Å². The Kier molecular flexibility index (Phi) is 8.27. The van der Waals surface area contributed by atoms with Crippen molar-refractivity contribution in [2.75, 3.05) is 11.5 Å². The van der Waals surface area contributed by atoms with Crippen LogP contribution in [0.5, 0.6) is 5.75 Å². The summed E-state index contributed by atoms with van der Waals surface area (Å²) in [6, 6.07) is 19.3. The van der Waals surface area contributed by atoms with E-state index in [2.05, 4.69) is 10.2 Å². The van der Waals surface area contributed by atoms with E-state index >= 15 is 0 Å². The minimum absolute atomic E-state index is 0.117. The van der Waals surface area contributed by atoms with E-state index in [-0.39, 0.29) is 16.3 Å². The van der Waals surface area contributed by atoms with Gasteiger partial charge in [-0.2, -0.15) is 0 Å². The topological polar surface area (TPSA) is 92.6 Å². The number of hydrogen-bond donors (Lipinski definition) is 1. The summed E-state index contributed by atoms with van der Waals surface area (Å²) < 4.78 is 20.0. The highest BCUT2D eigenvalue weighted by Gasteiger charge is 2.48. The number of benzene rings is 3. The first-order valence-electron chi connectivity index (χ1n) is 12.7. The van der Waals surface area contributed by atoms with E-state index in [0.717, 1.165) is 12.0 Å². The van der Waals surface area contributed by atoms with Gasteiger partial charge < -0.3 is 9.84 Å². The molecule has 204 valence electrons. The minimum Gasteiger partial charge on any atom is -0.507 e. The number of thioether (sulfide) groups is 1. The average Bonchev–Trinajstić information content (AvgIpc) is 3.53. The van der Waals surface area contributed by atoms with E-state index in [1.165, 1.54) is 57.8 Å². The summed E-state index contributed by atoms with van der Waals surface area (Å²) in [7, 11) is 0. The van der Waals surface area contributed by atoms with Crippen LogP contribution in [-0.2, 0) is 15.3 Å².